The summed E-state index contributed by atoms with van der Waals surface area (Å²) in [6.07, 6.45) is 12.0. The first kappa shape index (κ1) is 34.9. The second kappa shape index (κ2) is 15.4. The molecule has 2 fully saturated rings. The van der Waals surface area contributed by atoms with Crippen molar-refractivity contribution in [3.8, 4) is 0 Å². The number of aryl methyl sites for hydroxylation is 4. The summed E-state index contributed by atoms with van der Waals surface area (Å²) < 4.78 is 2.06. The molecule has 250 valence electrons. The molecular formula is C38H36Br2Cl4N4. The van der Waals surface area contributed by atoms with E-state index >= 15 is 0 Å². The lowest BCUT2D eigenvalue weighted by atomic mass is 9.77. The molecular weight excluding hydrogens is 814 g/mol. The zero-order chi connectivity index (χ0) is 33.4. The average Bonchev–Trinajstić information content (AvgIpc) is 3.34. The van der Waals surface area contributed by atoms with Gasteiger partial charge in [0.1, 0.15) is 0 Å². The van der Waals surface area contributed by atoms with Crippen LogP contribution in [0.5, 0.6) is 0 Å². The standard InChI is InChI=1S/C19H19BrCl2N2.C19H17BrCl2N2/c2*20-14-7-13-2-1-12-8-15(21)9-16(22)17(12)18(19(13)24-10-14)11-3-5-23-6-4-11/h7-11,18,23H,1-6H2;7-10,23H,1-6H2/t18-;/m1./s1. The third kappa shape index (κ3) is 7.43. The van der Waals surface area contributed by atoms with Crippen molar-refractivity contribution in [1.29, 1.82) is 0 Å². The maximum absolute atomic E-state index is 6.69. The number of piperidine rings is 2. The number of benzene rings is 2. The van der Waals surface area contributed by atoms with Gasteiger partial charge in [-0.1, -0.05) is 52.0 Å². The summed E-state index contributed by atoms with van der Waals surface area (Å²) in [6, 6.07) is 12.3. The van der Waals surface area contributed by atoms with Crippen molar-refractivity contribution in [1.82, 2.24) is 20.6 Å². The first-order valence-electron chi connectivity index (χ1n) is 16.7. The van der Waals surface area contributed by atoms with E-state index < -0.39 is 0 Å². The van der Waals surface area contributed by atoms with Crippen LogP contribution in [0.15, 0.2) is 63.3 Å². The minimum absolute atomic E-state index is 0.262. The Bertz CT molecular complexity index is 1880. The maximum Gasteiger partial charge on any atom is 0.0741 e. The van der Waals surface area contributed by atoms with Crippen molar-refractivity contribution < 1.29 is 0 Å². The van der Waals surface area contributed by atoms with E-state index in [9.17, 15) is 0 Å². The second-order valence-electron chi connectivity index (χ2n) is 13.0. The van der Waals surface area contributed by atoms with Gasteiger partial charge < -0.3 is 10.6 Å². The van der Waals surface area contributed by atoms with Crippen molar-refractivity contribution in [3.63, 3.8) is 0 Å². The number of hydrogen-bond acceptors (Lipinski definition) is 4. The number of nitrogens with one attached hydrogen (secondary N) is 2. The van der Waals surface area contributed by atoms with Crippen LogP contribution in [-0.4, -0.2) is 36.1 Å². The quantitative estimate of drug-likeness (QED) is 0.200. The summed E-state index contributed by atoms with van der Waals surface area (Å²) >= 11 is 33.0. The first-order chi connectivity index (χ1) is 23.3. The van der Waals surface area contributed by atoms with E-state index in [1.165, 1.54) is 44.7 Å². The predicted octanol–water partition coefficient (Wildman–Crippen LogP) is 10.8. The van der Waals surface area contributed by atoms with E-state index in [0.29, 0.717) is 10.9 Å². The summed E-state index contributed by atoms with van der Waals surface area (Å²) in [6.45, 7) is 4.14. The van der Waals surface area contributed by atoms with E-state index in [1.807, 2.05) is 24.5 Å². The molecule has 2 aliphatic heterocycles. The van der Waals surface area contributed by atoms with Gasteiger partial charge in [-0.05, 0) is 180 Å². The molecule has 0 saturated carbocycles. The molecule has 10 heteroatoms. The maximum atomic E-state index is 6.69. The molecule has 0 bridgehead atoms. The topological polar surface area (TPSA) is 49.8 Å². The lowest BCUT2D eigenvalue weighted by Gasteiger charge is -2.32. The second-order valence-corrected chi connectivity index (χ2v) is 16.6. The number of rotatable bonds is 1. The fourth-order valence-corrected chi connectivity index (χ4v) is 9.96. The van der Waals surface area contributed by atoms with Crippen molar-refractivity contribution in [2.75, 3.05) is 26.2 Å². The zero-order valence-electron chi connectivity index (χ0n) is 26.4. The Morgan fingerprint density at radius 2 is 1.19 bits per heavy atom. The van der Waals surface area contributed by atoms with Crippen LogP contribution >= 0.6 is 78.3 Å². The summed E-state index contributed by atoms with van der Waals surface area (Å²) in [4.78, 5) is 9.62. The van der Waals surface area contributed by atoms with E-state index in [-0.39, 0.29) is 5.92 Å². The highest BCUT2D eigenvalue weighted by molar-refractivity contribution is 9.10. The van der Waals surface area contributed by atoms with Gasteiger partial charge >= 0.3 is 0 Å². The first-order valence-corrected chi connectivity index (χ1v) is 19.7. The molecule has 2 N–H and O–H groups in total. The van der Waals surface area contributed by atoms with E-state index in [2.05, 4.69) is 66.8 Å². The minimum atomic E-state index is 0.262. The summed E-state index contributed by atoms with van der Waals surface area (Å²) in [5, 5.41) is 9.85. The van der Waals surface area contributed by atoms with Crippen LogP contribution in [0.4, 0.5) is 0 Å². The molecule has 4 heterocycles. The normalized spacial score (nSPS) is 19.2. The number of hydrogen-bond donors (Lipinski definition) is 2. The third-order valence-electron chi connectivity index (χ3n) is 10.1. The molecule has 2 aromatic heterocycles. The van der Waals surface area contributed by atoms with Gasteiger partial charge in [0.05, 0.1) is 16.4 Å². The van der Waals surface area contributed by atoms with E-state index in [0.717, 1.165) is 113 Å². The fourth-order valence-electron chi connectivity index (χ4n) is 7.92. The van der Waals surface area contributed by atoms with Crippen molar-refractivity contribution in [3.05, 3.63) is 128 Å². The van der Waals surface area contributed by atoms with Crippen LogP contribution in [0.25, 0.3) is 5.57 Å². The molecule has 4 aromatic rings. The van der Waals surface area contributed by atoms with Gasteiger partial charge in [0.25, 0.3) is 0 Å². The Kier molecular flexibility index (Phi) is 11.2. The van der Waals surface area contributed by atoms with E-state index in [4.69, 9.17) is 56.4 Å². The highest BCUT2D eigenvalue weighted by Gasteiger charge is 2.34. The number of nitrogens with zero attached hydrogens (tertiary/aromatic N) is 2. The lowest BCUT2D eigenvalue weighted by molar-refractivity contribution is 0.338. The van der Waals surface area contributed by atoms with E-state index in [1.54, 1.807) is 0 Å². The Balaban J connectivity index is 0.000000152. The molecule has 4 nitrogen and oxygen atoms in total. The molecule has 8 rings (SSSR count). The van der Waals surface area contributed by atoms with Gasteiger partial charge in [-0.2, -0.15) is 0 Å². The van der Waals surface area contributed by atoms with Gasteiger partial charge in [-0.3, -0.25) is 9.97 Å². The molecule has 2 aliphatic carbocycles. The van der Waals surface area contributed by atoms with Crippen LogP contribution in [0.1, 0.15) is 76.4 Å². The smallest absolute Gasteiger partial charge is 0.0741 e. The number of fused-ring (bicyclic) bond motifs is 4. The highest BCUT2D eigenvalue weighted by atomic mass is 79.9. The number of pyridine rings is 2. The molecule has 48 heavy (non-hydrogen) atoms. The largest absolute Gasteiger partial charge is 0.317 e. The highest BCUT2D eigenvalue weighted by Crippen LogP contribution is 2.46. The molecule has 0 spiro atoms. The van der Waals surface area contributed by atoms with Crippen molar-refractivity contribution in [2.45, 2.75) is 57.3 Å². The van der Waals surface area contributed by atoms with Crippen LogP contribution in [0.2, 0.25) is 20.1 Å². The van der Waals surface area contributed by atoms with Gasteiger partial charge in [0.15, 0.2) is 0 Å². The van der Waals surface area contributed by atoms with Gasteiger partial charge in [-0.15, -0.1) is 0 Å². The molecule has 2 saturated heterocycles. The molecule has 4 aliphatic rings. The molecule has 0 radical (unpaired) electrons. The van der Waals surface area contributed by atoms with Crippen LogP contribution in [0, 0.1) is 5.92 Å². The number of halogens is 6. The molecule has 0 unspecified atom stereocenters. The average molecular weight is 850 g/mol. The summed E-state index contributed by atoms with van der Waals surface area (Å²) in [7, 11) is 0. The summed E-state index contributed by atoms with van der Waals surface area (Å²) in [5.41, 5.74) is 12.4. The Labute approximate surface area is 319 Å². The van der Waals surface area contributed by atoms with Crippen LogP contribution < -0.4 is 10.6 Å². The zero-order valence-corrected chi connectivity index (χ0v) is 32.6. The Morgan fingerprint density at radius 1 is 0.604 bits per heavy atom. The van der Waals surface area contributed by atoms with Gasteiger partial charge in [0, 0.05) is 53.5 Å². The fraction of sp³-hybridized carbons (Fsp3) is 0.368. The molecule has 1 atom stereocenters. The van der Waals surface area contributed by atoms with Gasteiger partial charge in [-0.25, -0.2) is 0 Å². The predicted molar refractivity (Wildman–Crippen MR) is 207 cm³/mol. The van der Waals surface area contributed by atoms with Crippen molar-refractivity contribution in [2.24, 2.45) is 5.92 Å². The van der Waals surface area contributed by atoms with Crippen LogP contribution in [0.3, 0.4) is 0 Å². The Hall–Kier alpha value is -1.48. The third-order valence-corrected chi connectivity index (χ3v) is 12.0. The minimum Gasteiger partial charge on any atom is -0.317 e. The van der Waals surface area contributed by atoms with Crippen molar-refractivity contribution >= 4 is 83.8 Å². The molecule has 0 amide bonds. The number of aromatic nitrogens is 2. The van der Waals surface area contributed by atoms with Crippen LogP contribution in [-0.2, 0) is 25.7 Å². The van der Waals surface area contributed by atoms with Gasteiger partial charge in [0.2, 0.25) is 0 Å². The lowest BCUT2D eigenvalue weighted by Crippen LogP contribution is -2.32. The monoisotopic (exact) mass is 846 g/mol. The summed E-state index contributed by atoms with van der Waals surface area (Å²) in [5.74, 6) is 0.826. The Morgan fingerprint density at radius 3 is 1.94 bits per heavy atom. The SMILES string of the molecule is Clc1cc(Cl)c2c(c1)CCc1cc(Br)cnc1C2=C1CCNCC1.Clc1cc(Cl)c2c(c1)CCc1cc(Br)cnc1[C@@H]2C1CCNCC1. The molecule has 2 aromatic carbocycles.